The third-order valence-corrected chi connectivity index (χ3v) is 6.23. The van der Waals surface area contributed by atoms with Crippen molar-refractivity contribution in [3.8, 4) is 0 Å². The van der Waals surface area contributed by atoms with Gasteiger partial charge in [0.1, 0.15) is 6.54 Å². The van der Waals surface area contributed by atoms with Crippen LogP contribution < -0.4 is 0 Å². The highest BCUT2D eigenvalue weighted by atomic mass is 16.2. The normalized spacial score (nSPS) is 18.2. The average molecular weight is 397 g/mol. The first-order valence-electron chi connectivity index (χ1n) is 11.1. The molecule has 0 N–H and O–H groups in total. The Morgan fingerprint density at radius 3 is 2.48 bits per heavy atom. The van der Waals surface area contributed by atoms with Crippen LogP contribution in [0.25, 0.3) is 0 Å². The van der Waals surface area contributed by atoms with Crippen molar-refractivity contribution in [2.24, 2.45) is 5.92 Å². The number of hydrogen-bond acceptors (Lipinski definition) is 5. The van der Waals surface area contributed by atoms with Crippen LogP contribution in [-0.4, -0.2) is 55.5 Å². The topological polar surface area (TPSA) is 67.2 Å². The molecule has 7 nitrogen and oxygen atoms in total. The summed E-state index contributed by atoms with van der Waals surface area (Å²) in [6, 6.07) is 10.2. The second kappa shape index (κ2) is 9.96. The van der Waals surface area contributed by atoms with E-state index in [4.69, 9.17) is 0 Å². The second-order valence-corrected chi connectivity index (χ2v) is 8.50. The van der Waals surface area contributed by atoms with E-state index in [-0.39, 0.29) is 12.5 Å². The van der Waals surface area contributed by atoms with Gasteiger partial charge in [0.25, 0.3) is 0 Å². The predicted octanol–water partition coefficient (Wildman–Crippen LogP) is 2.88. The van der Waals surface area contributed by atoms with Crippen molar-refractivity contribution < 1.29 is 4.79 Å². The number of likely N-dealkylation sites (tertiary alicyclic amines) is 1. The predicted molar refractivity (Wildman–Crippen MR) is 111 cm³/mol. The van der Waals surface area contributed by atoms with E-state index in [0.717, 1.165) is 32.0 Å². The molecular weight excluding hydrogens is 364 g/mol. The van der Waals surface area contributed by atoms with Crippen molar-refractivity contribution >= 4 is 5.91 Å². The summed E-state index contributed by atoms with van der Waals surface area (Å²) in [6.45, 7) is 4.60. The minimum atomic E-state index is 0.102. The first-order valence-corrected chi connectivity index (χ1v) is 11.1. The van der Waals surface area contributed by atoms with Gasteiger partial charge in [0.2, 0.25) is 5.91 Å². The first-order chi connectivity index (χ1) is 14.3. The summed E-state index contributed by atoms with van der Waals surface area (Å²) >= 11 is 0. The lowest BCUT2D eigenvalue weighted by Crippen LogP contribution is -2.39. The molecule has 1 amide bonds. The van der Waals surface area contributed by atoms with Gasteiger partial charge >= 0.3 is 0 Å². The highest BCUT2D eigenvalue weighted by Crippen LogP contribution is 2.27. The average Bonchev–Trinajstić information content (AvgIpc) is 2.96. The summed E-state index contributed by atoms with van der Waals surface area (Å²) < 4.78 is 1.70. The molecule has 0 atom stereocenters. The van der Waals surface area contributed by atoms with Crippen LogP contribution in [0.2, 0.25) is 0 Å². The highest BCUT2D eigenvalue weighted by Gasteiger charge is 2.25. The Morgan fingerprint density at radius 2 is 1.79 bits per heavy atom. The third kappa shape index (κ3) is 5.63. The number of carbonyl (C=O) groups is 1. The molecule has 1 aromatic carbocycles. The Balaban J connectivity index is 1.41. The van der Waals surface area contributed by atoms with E-state index in [1.807, 2.05) is 23.1 Å². The van der Waals surface area contributed by atoms with Gasteiger partial charge in [-0.1, -0.05) is 49.6 Å². The van der Waals surface area contributed by atoms with Crippen LogP contribution in [0, 0.1) is 5.92 Å². The number of hydrogen-bond donors (Lipinski definition) is 0. The molecule has 4 rings (SSSR count). The van der Waals surface area contributed by atoms with Gasteiger partial charge in [0.15, 0.2) is 5.82 Å². The van der Waals surface area contributed by atoms with Crippen LogP contribution >= 0.6 is 0 Å². The lowest BCUT2D eigenvalue weighted by atomic mass is 9.85. The molecule has 0 bridgehead atoms. The molecule has 7 heteroatoms. The van der Waals surface area contributed by atoms with Crippen LogP contribution in [0.4, 0.5) is 0 Å². The van der Waals surface area contributed by atoms with Gasteiger partial charge in [-0.3, -0.25) is 9.69 Å². The zero-order chi connectivity index (χ0) is 19.9. The Kier molecular flexibility index (Phi) is 6.87. The molecule has 0 spiro atoms. The molecule has 156 valence electrons. The minimum Gasteiger partial charge on any atom is -0.336 e. The van der Waals surface area contributed by atoms with Crippen LogP contribution in [0.15, 0.2) is 30.3 Å². The van der Waals surface area contributed by atoms with Crippen LogP contribution in [-0.2, 0) is 24.4 Å². The standard InChI is InChI=1S/C22H32N6O/c29-22(27(16-20-11-8-12-20)15-19-9-4-3-5-10-19)18-28-21(23-24-25-28)17-26-13-6-1-2-7-14-26/h3-5,9-10,20H,1-2,6-8,11-18H2. The van der Waals surface area contributed by atoms with E-state index in [0.29, 0.717) is 12.5 Å². The summed E-state index contributed by atoms with van der Waals surface area (Å²) in [5.74, 6) is 1.53. The monoisotopic (exact) mass is 396 g/mol. The van der Waals surface area contributed by atoms with Crippen molar-refractivity contribution in [2.75, 3.05) is 19.6 Å². The zero-order valence-electron chi connectivity index (χ0n) is 17.2. The number of benzene rings is 1. The molecule has 2 aromatic rings. The van der Waals surface area contributed by atoms with E-state index in [2.05, 4.69) is 32.6 Å². The van der Waals surface area contributed by atoms with Crippen LogP contribution in [0.3, 0.4) is 0 Å². The number of rotatable bonds is 8. The molecule has 2 heterocycles. The molecule has 29 heavy (non-hydrogen) atoms. The maximum absolute atomic E-state index is 13.2. The van der Waals surface area contributed by atoms with Crippen molar-refractivity contribution in [2.45, 2.75) is 64.6 Å². The summed E-state index contributed by atoms with van der Waals surface area (Å²) in [5, 5.41) is 12.2. The third-order valence-electron chi connectivity index (χ3n) is 6.23. The van der Waals surface area contributed by atoms with Crippen LogP contribution in [0.5, 0.6) is 0 Å². The molecule has 2 aliphatic rings. The van der Waals surface area contributed by atoms with Gasteiger partial charge in [-0.05, 0) is 60.7 Å². The smallest absolute Gasteiger partial charge is 0.244 e. The molecule has 1 aliphatic heterocycles. The summed E-state index contributed by atoms with van der Waals surface area (Å²) in [6.07, 6.45) is 8.79. The summed E-state index contributed by atoms with van der Waals surface area (Å²) in [7, 11) is 0. The van der Waals surface area contributed by atoms with Gasteiger partial charge in [-0.25, -0.2) is 4.68 Å². The number of nitrogens with zero attached hydrogens (tertiary/aromatic N) is 6. The van der Waals surface area contributed by atoms with Gasteiger partial charge < -0.3 is 4.90 Å². The SMILES string of the molecule is O=C(Cn1nnnc1CN1CCCCCC1)N(Cc1ccccc1)CC1CCC1. The Labute approximate surface area is 173 Å². The zero-order valence-corrected chi connectivity index (χ0v) is 17.2. The van der Waals surface area contributed by atoms with E-state index >= 15 is 0 Å². The molecule has 1 saturated carbocycles. The van der Waals surface area contributed by atoms with E-state index in [1.165, 1.54) is 50.5 Å². The van der Waals surface area contributed by atoms with Crippen molar-refractivity contribution in [1.29, 1.82) is 0 Å². The Hall–Kier alpha value is -2.28. The molecule has 0 unspecified atom stereocenters. The van der Waals surface area contributed by atoms with Gasteiger partial charge in [-0.15, -0.1) is 5.10 Å². The fourth-order valence-corrected chi connectivity index (χ4v) is 4.23. The molecule has 1 aliphatic carbocycles. The van der Waals surface area contributed by atoms with Gasteiger partial charge in [0.05, 0.1) is 6.54 Å². The maximum Gasteiger partial charge on any atom is 0.244 e. The molecule has 0 radical (unpaired) electrons. The summed E-state index contributed by atoms with van der Waals surface area (Å²) in [5.41, 5.74) is 1.17. The number of tetrazole rings is 1. The van der Waals surface area contributed by atoms with Crippen molar-refractivity contribution in [3.05, 3.63) is 41.7 Å². The van der Waals surface area contributed by atoms with Gasteiger partial charge in [-0.2, -0.15) is 0 Å². The Morgan fingerprint density at radius 1 is 1.03 bits per heavy atom. The molecule has 1 aromatic heterocycles. The number of carbonyl (C=O) groups excluding carboxylic acids is 1. The van der Waals surface area contributed by atoms with E-state index < -0.39 is 0 Å². The fourth-order valence-electron chi connectivity index (χ4n) is 4.23. The Bertz CT molecular complexity index is 765. The quantitative estimate of drug-likeness (QED) is 0.686. The van der Waals surface area contributed by atoms with Crippen LogP contribution in [0.1, 0.15) is 56.3 Å². The van der Waals surface area contributed by atoms with Gasteiger partial charge in [0, 0.05) is 13.1 Å². The largest absolute Gasteiger partial charge is 0.336 e. The maximum atomic E-state index is 13.2. The van der Waals surface area contributed by atoms with E-state index in [9.17, 15) is 4.79 Å². The fraction of sp³-hybridized carbons (Fsp3) is 0.636. The lowest BCUT2D eigenvalue weighted by Gasteiger charge is -2.32. The molecular formula is C22H32N6O. The van der Waals surface area contributed by atoms with Crippen molar-refractivity contribution in [3.63, 3.8) is 0 Å². The number of aromatic nitrogens is 4. The minimum absolute atomic E-state index is 0.102. The summed E-state index contributed by atoms with van der Waals surface area (Å²) in [4.78, 5) is 17.6. The highest BCUT2D eigenvalue weighted by molar-refractivity contribution is 5.76. The molecule has 1 saturated heterocycles. The number of amides is 1. The molecule has 2 fully saturated rings. The first kappa shape index (κ1) is 20.0. The lowest BCUT2D eigenvalue weighted by molar-refractivity contribution is -0.133. The second-order valence-electron chi connectivity index (χ2n) is 8.50. The van der Waals surface area contributed by atoms with E-state index in [1.54, 1.807) is 4.68 Å². The van der Waals surface area contributed by atoms with Crippen molar-refractivity contribution in [1.82, 2.24) is 30.0 Å².